The van der Waals surface area contributed by atoms with Crippen LogP contribution in [0.1, 0.15) is 37.7 Å². The average molecular weight is 338 g/mol. The van der Waals surface area contributed by atoms with Gasteiger partial charge in [0.1, 0.15) is 5.60 Å². The van der Waals surface area contributed by atoms with Gasteiger partial charge in [-0.25, -0.2) is 9.48 Å². The molecule has 0 unspecified atom stereocenters. The highest BCUT2D eigenvalue weighted by molar-refractivity contribution is 5.92. The molecule has 1 aliphatic heterocycles. The minimum Gasteiger partial charge on any atom is -0.481 e. The van der Waals surface area contributed by atoms with Gasteiger partial charge in [0, 0.05) is 39.3 Å². The third kappa shape index (κ3) is 4.39. The van der Waals surface area contributed by atoms with Gasteiger partial charge in [0.25, 0.3) is 5.91 Å². The van der Waals surface area contributed by atoms with Crippen molar-refractivity contribution in [3.05, 3.63) is 11.8 Å². The zero-order valence-corrected chi connectivity index (χ0v) is 15.0. The van der Waals surface area contributed by atoms with Gasteiger partial charge >= 0.3 is 6.09 Å². The van der Waals surface area contributed by atoms with Gasteiger partial charge in [-0.15, -0.1) is 0 Å². The summed E-state index contributed by atoms with van der Waals surface area (Å²) in [5.74, 6) is 0.378. The van der Waals surface area contributed by atoms with Crippen molar-refractivity contribution in [1.82, 2.24) is 19.6 Å². The van der Waals surface area contributed by atoms with Crippen LogP contribution in [0, 0.1) is 0 Å². The molecule has 0 bridgehead atoms. The summed E-state index contributed by atoms with van der Waals surface area (Å²) in [7, 11) is 3.26. The number of rotatable bonds is 2. The lowest BCUT2D eigenvalue weighted by Gasteiger charge is -2.26. The second-order valence-electron chi connectivity index (χ2n) is 6.81. The number of hydrogen-bond acceptors (Lipinski definition) is 5. The molecule has 1 aromatic rings. The highest BCUT2D eigenvalue weighted by atomic mass is 16.6. The predicted octanol–water partition coefficient (Wildman–Crippen LogP) is 1.51. The molecule has 8 nitrogen and oxygen atoms in total. The fourth-order valence-electron chi connectivity index (χ4n) is 2.54. The third-order valence-corrected chi connectivity index (χ3v) is 3.70. The number of aryl methyl sites for hydroxylation is 1. The van der Waals surface area contributed by atoms with Crippen LogP contribution in [0.2, 0.25) is 0 Å². The maximum Gasteiger partial charge on any atom is 0.410 e. The van der Waals surface area contributed by atoms with Crippen LogP contribution in [0.25, 0.3) is 0 Å². The summed E-state index contributed by atoms with van der Waals surface area (Å²) < 4.78 is 12.1. The number of carbonyl (C=O) groups excluding carboxylic acids is 2. The number of methoxy groups -OCH3 is 1. The standard InChI is InChI=1S/C16H26N4O4/c1-16(2,3)24-15(22)20-8-6-7-19(9-10-20)14(21)12-11-13(23-5)18(4)17-12/h11H,6-10H2,1-5H3. The molecular weight excluding hydrogens is 312 g/mol. The molecule has 0 aromatic carbocycles. The van der Waals surface area contributed by atoms with Crippen LogP contribution < -0.4 is 4.74 Å². The van der Waals surface area contributed by atoms with Gasteiger partial charge in [-0.1, -0.05) is 0 Å². The van der Waals surface area contributed by atoms with Crippen molar-refractivity contribution in [3.63, 3.8) is 0 Å². The van der Waals surface area contributed by atoms with E-state index in [1.807, 2.05) is 20.8 Å². The largest absolute Gasteiger partial charge is 0.481 e. The first-order chi connectivity index (χ1) is 11.2. The number of ether oxygens (including phenoxy) is 2. The molecule has 2 rings (SSSR count). The number of carbonyl (C=O) groups is 2. The van der Waals surface area contributed by atoms with Crippen LogP contribution in [0.4, 0.5) is 4.79 Å². The number of amides is 2. The highest BCUT2D eigenvalue weighted by Crippen LogP contribution is 2.16. The Kier molecular flexibility index (Phi) is 5.36. The lowest BCUT2D eigenvalue weighted by molar-refractivity contribution is 0.0255. The Morgan fingerprint density at radius 3 is 2.33 bits per heavy atom. The van der Waals surface area contributed by atoms with Gasteiger partial charge in [-0.3, -0.25) is 4.79 Å². The molecule has 0 saturated carbocycles. The lowest BCUT2D eigenvalue weighted by atomic mass is 10.2. The minimum absolute atomic E-state index is 0.153. The van der Waals surface area contributed by atoms with Gasteiger partial charge in [0.2, 0.25) is 5.88 Å². The quantitative estimate of drug-likeness (QED) is 0.817. The third-order valence-electron chi connectivity index (χ3n) is 3.70. The Morgan fingerprint density at radius 2 is 1.75 bits per heavy atom. The Morgan fingerprint density at radius 1 is 1.12 bits per heavy atom. The molecule has 2 amide bonds. The maximum atomic E-state index is 12.6. The van der Waals surface area contributed by atoms with Crippen LogP contribution in [-0.4, -0.2) is 70.5 Å². The van der Waals surface area contributed by atoms with E-state index in [9.17, 15) is 9.59 Å². The lowest BCUT2D eigenvalue weighted by Crippen LogP contribution is -2.40. The maximum absolute atomic E-state index is 12.6. The summed E-state index contributed by atoms with van der Waals surface area (Å²) in [4.78, 5) is 28.1. The molecule has 1 fully saturated rings. The van der Waals surface area contributed by atoms with Gasteiger partial charge in [0.15, 0.2) is 5.69 Å². The van der Waals surface area contributed by atoms with E-state index in [-0.39, 0.29) is 12.0 Å². The van der Waals surface area contributed by atoms with Crippen LogP contribution in [-0.2, 0) is 11.8 Å². The fourth-order valence-corrected chi connectivity index (χ4v) is 2.54. The van der Waals surface area contributed by atoms with Gasteiger partial charge in [-0.2, -0.15) is 5.10 Å². The Labute approximate surface area is 142 Å². The predicted molar refractivity (Wildman–Crippen MR) is 88.1 cm³/mol. The van der Waals surface area contributed by atoms with Crippen LogP contribution >= 0.6 is 0 Å². The Balaban J connectivity index is 1.99. The smallest absolute Gasteiger partial charge is 0.410 e. The van der Waals surface area contributed by atoms with E-state index in [0.29, 0.717) is 44.2 Å². The molecule has 0 N–H and O–H groups in total. The van der Waals surface area contributed by atoms with E-state index in [1.54, 1.807) is 22.9 Å². The fraction of sp³-hybridized carbons (Fsp3) is 0.688. The van der Waals surface area contributed by atoms with Crippen molar-refractivity contribution in [2.75, 3.05) is 33.3 Å². The average Bonchev–Trinajstić information content (AvgIpc) is 2.71. The first kappa shape index (κ1) is 18.1. The zero-order chi connectivity index (χ0) is 17.9. The molecule has 2 heterocycles. The van der Waals surface area contributed by atoms with Crippen molar-refractivity contribution in [1.29, 1.82) is 0 Å². The van der Waals surface area contributed by atoms with E-state index >= 15 is 0 Å². The van der Waals surface area contributed by atoms with E-state index in [2.05, 4.69) is 5.10 Å². The van der Waals surface area contributed by atoms with E-state index in [1.165, 1.54) is 11.8 Å². The zero-order valence-electron chi connectivity index (χ0n) is 15.0. The molecule has 1 aromatic heterocycles. The second-order valence-corrected chi connectivity index (χ2v) is 6.81. The van der Waals surface area contributed by atoms with Crippen molar-refractivity contribution < 1.29 is 19.1 Å². The molecule has 1 saturated heterocycles. The van der Waals surface area contributed by atoms with Gasteiger partial charge < -0.3 is 19.3 Å². The normalized spacial score (nSPS) is 15.9. The molecule has 0 atom stereocenters. The van der Waals surface area contributed by atoms with Crippen molar-refractivity contribution in [2.24, 2.45) is 7.05 Å². The summed E-state index contributed by atoms with van der Waals surface area (Å²) >= 11 is 0. The summed E-state index contributed by atoms with van der Waals surface area (Å²) in [5, 5.41) is 4.19. The van der Waals surface area contributed by atoms with E-state index in [4.69, 9.17) is 9.47 Å². The molecule has 0 spiro atoms. The molecule has 8 heteroatoms. The summed E-state index contributed by atoms with van der Waals surface area (Å²) in [6, 6.07) is 1.62. The summed E-state index contributed by atoms with van der Waals surface area (Å²) in [6.45, 7) is 7.58. The minimum atomic E-state index is -0.524. The number of nitrogens with zero attached hydrogens (tertiary/aromatic N) is 4. The molecule has 134 valence electrons. The van der Waals surface area contributed by atoms with Crippen molar-refractivity contribution >= 4 is 12.0 Å². The van der Waals surface area contributed by atoms with Crippen LogP contribution in [0.15, 0.2) is 6.07 Å². The first-order valence-electron chi connectivity index (χ1n) is 8.06. The summed E-state index contributed by atoms with van der Waals surface area (Å²) in [5.41, 5.74) is -0.177. The SMILES string of the molecule is COc1cc(C(=O)N2CCCN(C(=O)OC(C)(C)C)CC2)nn1C. The van der Waals surface area contributed by atoms with E-state index < -0.39 is 5.60 Å². The highest BCUT2D eigenvalue weighted by Gasteiger charge is 2.27. The van der Waals surface area contributed by atoms with Crippen LogP contribution in [0.5, 0.6) is 5.88 Å². The molecule has 0 radical (unpaired) electrons. The number of aromatic nitrogens is 2. The topological polar surface area (TPSA) is 76.9 Å². The molecule has 24 heavy (non-hydrogen) atoms. The second kappa shape index (κ2) is 7.11. The van der Waals surface area contributed by atoms with Crippen molar-refractivity contribution in [3.8, 4) is 5.88 Å². The molecule has 0 aliphatic carbocycles. The summed E-state index contributed by atoms with van der Waals surface area (Å²) in [6.07, 6.45) is 0.367. The Hall–Kier alpha value is -2.25. The Bertz CT molecular complexity index is 606. The van der Waals surface area contributed by atoms with E-state index in [0.717, 1.165) is 0 Å². The first-order valence-corrected chi connectivity index (χ1v) is 8.06. The molecule has 1 aliphatic rings. The van der Waals surface area contributed by atoms with Gasteiger partial charge in [0.05, 0.1) is 7.11 Å². The van der Waals surface area contributed by atoms with Crippen LogP contribution in [0.3, 0.4) is 0 Å². The number of hydrogen-bond donors (Lipinski definition) is 0. The monoisotopic (exact) mass is 338 g/mol. The van der Waals surface area contributed by atoms with Gasteiger partial charge in [-0.05, 0) is 27.2 Å². The van der Waals surface area contributed by atoms with Crippen molar-refractivity contribution in [2.45, 2.75) is 32.8 Å². The molecular formula is C16H26N4O4.